The van der Waals surface area contributed by atoms with Crippen molar-refractivity contribution in [2.24, 2.45) is 44.8 Å². The monoisotopic (exact) mass is 576 g/mol. The third-order valence-electron chi connectivity index (χ3n) is 12.7. The van der Waals surface area contributed by atoms with Crippen LogP contribution in [0.1, 0.15) is 93.4 Å². The highest BCUT2D eigenvalue weighted by Crippen LogP contribution is 2.73. The van der Waals surface area contributed by atoms with Crippen molar-refractivity contribution in [1.29, 1.82) is 0 Å². The van der Waals surface area contributed by atoms with E-state index in [0.717, 1.165) is 38.5 Å². The Morgan fingerprint density at radius 2 is 1.75 bits per heavy atom. The molecule has 4 nitrogen and oxygen atoms in total. The fourth-order valence-electron chi connectivity index (χ4n) is 10.3. The van der Waals surface area contributed by atoms with Gasteiger partial charge in [-0.05, 0) is 102 Å². The lowest BCUT2D eigenvalue weighted by Gasteiger charge is -2.69. The number of allylic oxidation sites excluding steroid dienone is 4. The average molecular weight is 577 g/mol. The summed E-state index contributed by atoms with van der Waals surface area (Å²) in [5, 5.41) is 2.13. The maximum Gasteiger partial charge on any atom is 0.226 e. The van der Waals surface area contributed by atoms with Gasteiger partial charge in [0.25, 0.3) is 0 Å². The maximum absolute atomic E-state index is 14.6. The summed E-state index contributed by atoms with van der Waals surface area (Å²) in [5.41, 5.74) is 0.167. The van der Waals surface area contributed by atoms with Crippen LogP contribution in [-0.2, 0) is 9.59 Å². The lowest BCUT2D eigenvalue weighted by atomic mass is 9.35. The Labute approximate surface area is 248 Å². The summed E-state index contributed by atoms with van der Waals surface area (Å²) in [6.07, 6.45) is 11.3. The fraction of sp³-hybridized carbons (Fsp3) is 0.676. The Hall–Kier alpha value is -1.68. The molecule has 0 amide bonds. The molecule has 214 valence electrons. The smallest absolute Gasteiger partial charge is 0.226 e. The van der Waals surface area contributed by atoms with E-state index in [0.29, 0.717) is 0 Å². The molecule has 6 heteroatoms. The molecule has 0 aromatic carbocycles. The van der Waals surface area contributed by atoms with Gasteiger partial charge in [-0.3, -0.25) is 9.52 Å². The second-order valence-electron chi connectivity index (χ2n) is 15.5. The number of ketones is 2. The number of carbonyl (C=O) groups is 2. The van der Waals surface area contributed by atoms with Crippen LogP contribution in [0.15, 0.2) is 45.1 Å². The van der Waals surface area contributed by atoms with E-state index in [1.54, 1.807) is 23.3 Å². The van der Waals surface area contributed by atoms with Gasteiger partial charge in [0.05, 0.1) is 10.8 Å². The first-order chi connectivity index (χ1) is 18.6. The zero-order valence-corrected chi connectivity index (χ0v) is 26.8. The molecule has 0 saturated heterocycles. The van der Waals surface area contributed by atoms with Gasteiger partial charge in [-0.2, -0.15) is 0 Å². The van der Waals surface area contributed by atoms with Crippen molar-refractivity contribution >= 4 is 34.9 Å². The number of nitrogens with zero attached hydrogens (tertiary/aromatic N) is 1. The van der Waals surface area contributed by atoms with Crippen LogP contribution in [-0.4, -0.2) is 17.1 Å². The highest BCUT2D eigenvalue weighted by Gasteiger charge is 2.69. The second-order valence-corrected chi connectivity index (χ2v) is 17.6. The van der Waals surface area contributed by atoms with Crippen LogP contribution in [0, 0.1) is 51.4 Å². The predicted octanol–water partition coefficient (Wildman–Crippen LogP) is 8.67. The molecule has 3 saturated carbocycles. The first-order valence-corrected chi connectivity index (χ1v) is 16.7. The van der Waals surface area contributed by atoms with Crippen molar-refractivity contribution < 1.29 is 9.59 Å². The van der Waals surface area contributed by atoms with Crippen LogP contribution in [0.2, 0.25) is 0 Å². The third kappa shape index (κ3) is 3.72. The minimum Gasteiger partial charge on any atom is -0.307 e. The molecule has 5 aliphatic carbocycles. The summed E-state index contributed by atoms with van der Waals surface area (Å²) < 4.78 is 5.26. The Morgan fingerprint density at radius 3 is 2.42 bits per heavy atom. The lowest BCUT2D eigenvalue weighted by molar-refractivity contribution is -0.159. The van der Waals surface area contributed by atoms with Crippen LogP contribution in [0.4, 0.5) is 0 Å². The number of thiophene rings is 1. The van der Waals surface area contributed by atoms with E-state index in [1.165, 1.54) is 16.2 Å². The molecular formula is C34H44N2O2S2. The van der Waals surface area contributed by atoms with Gasteiger partial charge in [0.1, 0.15) is 0 Å². The molecule has 0 spiro atoms. The van der Waals surface area contributed by atoms with Gasteiger partial charge in [-0.25, -0.2) is 4.85 Å². The van der Waals surface area contributed by atoms with Gasteiger partial charge in [0, 0.05) is 22.3 Å². The van der Waals surface area contributed by atoms with Crippen molar-refractivity contribution in [1.82, 2.24) is 4.72 Å². The minimum atomic E-state index is -0.621. The highest BCUT2D eigenvalue weighted by molar-refractivity contribution is 7.99. The lowest BCUT2D eigenvalue weighted by Crippen LogP contribution is -2.68. The number of fused-ring (bicyclic) bond motifs is 7. The molecule has 0 aliphatic heterocycles. The molecule has 1 aromatic heterocycles. The van der Waals surface area contributed by atoms with Crippen molar-refractivity contribution in [3.63, 3.8) is 0 Å². The molecule has 1 aromatic rings. The van der Waals surface area contributed by atoms with Crippen LogP contribution in [0.3, 0.4) is 0 Å². The first kappa shape index (κ1) is 28.4. The fourth-order valence-corrected chi connectivity index (χ4v) is 12.0. The molecule has 3 fully saturated rings. The van der Waals surface area contributed by atoms with Crippen molar-refractivity contribution in [3.05, 3.63) is 52.4 Å². The molecule has 7 atom stereocenters. The van der Waals surface area contributed by atoms with Gasteiger partial charge in [-0.15, -0.1) is 11.3 Å². The van der Waals surface area contributed by atoms with Gasteiger partial charge >= 0.3 is 0 Å². The summed E-state index contributed by atoms with van der Waals surface area (Å²) in [7, 11) is 0. The molecule has 1 N–H and O–H groups in total. The topological polar surface area (TPSA) is 50.5 Å². The molecule has 40 heavy (non-hydrogen) atoms. The Bertz CT molecular complexity index is 1370. The van der Waals surface area contributed by atoms with Crippen molar-refractivity contribution in [2.45, 2.75) is 103 Å². The molecule has 5 aliphatic rings. The summed E-state index contributed by atoms with van der Waals surface area (Å²) in [6, 6.07) is 4.28. The van der Waals surface area contributed by atoms with Crippen molar-refractivity contribution in [3.8, 4) is 0 Å². The first-order valence-electron chi connectivity index (χ1n) is 15.0. The summed E-state index contributed by atoms with van der Waals surface area (Å²) in [4.78, 5) is 31.6. The van der Waals surface area contributed by atoms with E-state index in [4.69, 9.17) is 6.57 Å². The highest BCUT2D eigenvalue weighted by atomic mass is 32.2. The molecule has 0 radical (unpaired) electrons. The van der Waals surface area contributed by atoms with Crippen LogP contribution in [0.5, 0.6) is 0 Å². The zero-order valence-electron chi connectivity index (χ0n) is 25.1. The number of carbonyl (C=O) groups excluding carboxylic acids is 2. The van der Waals surface area contributed by atoms with E-state index >= 15 is 0 Å². The summed E-state index contributed by atoms with van der Waals surface area (Å²) >= 11 is 3.53. The largest absolute Gasteiger partial charge is 0.307 e. The minimum absolute atomic E-state index is 0.0336. The van der Waals surface area contributed by atoms with Crippen LogP contribution < -0.4 is 4.72 Å². The van der Waals surface area contributed by atoms with E-state index in [9.17, 15) is 9.59 Å². The number of hydrogen-bond donors (Lipinski definition) is 1. The number of hydrogen-bond acceptors (Lipinski definition) is 5. The standard InChI is InChI=1S/C34H44N2O2S2/c1-29(2)13-15-34(36-40-26-10-9-17-39-26)16-14-33(7)27(21(34)19-29)23(37)18-25-31(5)20-22(35-8)28(38)30(3,4)24(31)11-12-32(25,33)6/h9-10,17-18,20-21,24,27,36H,11-16,19H2,1-7H3/t21-,24-,27-,31-,32+,33+,34-/m0/s1. The maximum atomic E-state index is 14.6. The SMILES string of the molecule is [C-]#[N+]C1=C[C@]2(C)C3=CC(=O)[C@@H]4[C@@H]5CC(C)(C)CC[C@]5(NSc5cccs5)CC[C@@]4(C)[C@]3(C)CC[C@H]2C(C)(C)C1=O. The zero-order chi connectivity index (χ0) is 28.9. The number of nitrogens with one attached hydrogen (secondary N) is 1. The van der Waals surface area contributed by atoms with Gasteiger partial charge in [0.15, 0.2) is 11.6 Å². The molecule has 6 rings (SSSR count). The van der Waals surface area contributed by atoms with Gasteiger partial charge in [-0.1, -0.05) is 66.2 Å². The van der Waals surface area contributed by atoms with E-state index < -0.39 is 10.8 Å². The van der Waals surface area contributed by atoms with E-state index in [2.05, 4.69) is 61.7 Å². The van der Waals surface area contributed by atoms with E-state index in [1.807, 2.05) is 26.0 Å². The van der Waals surface area contributed by atoms with E-state index in [-0.39, 0.29) is 56.8 Å². The molecular weight excluding hydrogens is 533 g/mol. The molecule has 0 bridgehead atoms. The van der Waals surface area contributed by atoms with Crippen LogP contribution in [0.25, 0.3) is 4.85 Å². The quantitative estimate of drug-likeness (QED) is 0.289. The number of rotatable bonds is 3. The summed E-state index contributed by atoms with van der Waals surface area (Å²) in [6.45, 7) is 23.7. The predicted molar refractivity (Wildman–Crippen MR) is 163 cm³/mol. The Morgan fingerprint density at radius 1 is 1.02 bits per heavy atom. The Balaban J connectivity index is 1.47. The number of Topliss-reactive ketones (excluding diaryl/α,β-unsaturated/α-hetero) is 1. The third-order valence-corrected chi connectivity index (χ3v) is 14.7. The molecule has 1 heterocycles. The van der Waals surface area contributed by atoms with Gasteiger partial charge in [0.2, 0.25) is 5.70 Å². The normalized spacial score (nSPS) is 43.3. The molecule has 0 unspecified atom stereocenters. The van der Waals surface area contributed by atoms with Crippen LogP contribution >= 0.6 is 23.3 Å². The average Bonchev–Trinajstić information content (AvgIpc) is 3.41. The summed E-state index contributed by atoms with van der Waals surface area (Å²) in [5.74, 6) is 0.564. The Kier molecular flexibility index (Phi) is 6.34. The second kappa shape index (κ2) is 8.91. The van der Waals surface area contributed by atoms with Gasteiger partial charge < -0.3 is 4.79 Å². The van der Waals surface area contributed by atoms with Crippen molar-refractivity contribution in [2.75, 3.05) is 0 Å².